The number of benzene rings is 2. The molecule has 5 heteroatoms. The lowest BCUT2D eigenvalue weighted by molar-refractivity contribution is 0.889. The van der Waals surface area contributed by atoms with Gasteiger partial charge in [-0.15, -0.1) is 0 Å². The summed E-state index contributed by atoms with van der Waals surface area (Å²) in [5.41, 5.74) is 7.02. The van der Waals surface area contributed by atoms with E-state index in [0.717, 1.165) is 56.7 Å². The maximum atomic E-state index is 6.29. The first-order valence-electron chi connectivity index (χ1n) is 9.04. The van der Waals surface area contributed by atoms with Crippen molar-refractivity contribution in [2.75, 3.05) is 5.32 Å². The molecule has 0 aliphatic rings. The van der Waals surface area contributed by atoms with Crippen molar-refractivity contribution in [2.45, 2.75) is 27.2 Å². The summed E-state index contributed by atoms with van der Waals surface area (Å²) in [5, 5.41) is 9.03. The summed E-state index contributed by atoms with van der Waals surface area (Å²) in [4.78, 5) is 4.79. The minimum atomic E-state index is 0.738. The fourth-order valence-electron chi connectivity index (χ4n) is 3.24. The Balaban J connectivity index is 1.89. The van der Waals surface area contributed by atoms with Crippen LogP contribution in [-0.2, 0) is 6.42 Å². The van der Waals surface area contributed by atoms with Crippen molar-refractivity contribution in [3.63, 3.8) is 0 Å². The van der Waals surface area contributed by atoms with Crippen molar-refractivity contribution in [2.24, 2.45) is 0 Å². The SMILES string of the molecule is CCc1nn2c(Nc3ccc(C)c(Cl)c3)cc(C)nc2c1-c1ccccc1. The lowest BCUT2D eigenvalue weighted by Crippen LogP contribution is -2.03. The van der Waals surface area contributed by atoms with Crippen molar-refractivity contribution >= 4 is 28.8 Å². The molecule has 1 N–H and O–H groups in total. The van der Waals surface area contributed by atoms with Gasteiger partial charge in [-0.05, 0) is 43.5 Å². The average molecular weight is 377 g/mol. The molecule has 0 radical (unpaired) electrons. The second-order valence-electron chi connectivity index (χ2n) is 6.65. The summed E-state index contributed by atoms with van der Waals surface area (Å²) < 4.78 is 1.89. The minimum absolute atomic E-state index is 0.738. The molecule has 0 saturated heterocycles. The van der Waals surface area contributed by atoms with Gasteiger partial charge in [-0.3, -0.25) is 0 Å². The van der Waals surface area contributed by atoms with Crippen molar-refractivity contribution in [1.29, 1.82) is 0 Å². The molecule has 0 fully saturated rings. The molecule has 0 unspecified atom stereocenters. The van der Waals surface area contributed by atoms with Crippen LogP contribution in [0.25, 0.3) is 16.8 Å². The molecule has 27 heavy (non-hydrogen) atoms. The van der Waals surface area contributed by atoms with E-state index in [9.17, 15) is 0 Å². The second-order valence-corrected chi connectivity index (χ2v) is 7.06. The number of rotatable bonds is 4. The van der Waals surface area contributed by atoms with Gasteiger partial charge in [0.15, 0.2) is 5.65 Å². The highest BCUT2D eigenvalue weighted by Gasteiger charge is 2.17. The second kappa shape index (κ2) is 7.05. The fraction of sp³-hybridized carbons (Fsp3) is 0.182. The molecule has 0 aliphatic heterocycles. The maximum Gasteiger partial charge on any atom is 0.165 e. The van der Waals surface area contributed by atoms with Crippen LogP contribution in [-0.4, -0.2) is 14.6 Å². The molecule has 0 aliphatic carbocycles. The predicted octanol–water partition coefficient (Wildman–Crippen LogP) is 5.97. The van der Waals surface area contributed by atoms with Gasteiger partial charge in [0.05, 0.1) is 5.69 Å². The maximum absolute atomic E-state index is 6.29. The van der Waals surface area contributed by atoms with E-state index in [1.165, 1.54) is 0 Å². The first-order chi connectivity index (χ1) is 13.1. The number of fused-ring (bicyclic) bond motifs is 1. The third-order valence-corrected chi connectivity index (χ3v) is 5.04. The Morgan fingerprint density at radius 3 is 2.52 bits per heavy atom. The third-order valence-electron chi connectivity index (χ3n) is 4.63. The van der Waals surface area contributed by atoms with Crippen LogP contribution < -0.4 is 5.32 Å². The van der Waals surface area contributed by atoms with Gasteiger partial charge < -0.3 is 5.32 Å². The Morgan fingerprint density at radius 1 is 1.04 bits per heavy atom. The Morgan fingerprint density at radius 2 is 1.81 bits per heavy atom. The van der Waals surface area contributed by atoms with E-state index in [4.69, 9.17) is 21.7 Å². The highest BCUT2D eigenvalue weighted by atomic mass is 35.5. The predicted molar refractivity (Wildman–Crippen MR) is 112 cm³/mol. The Hall–Kier alpha value is -2.85. The molecular weight excluding hydrogens is 356 g/mol. The molecule has 2 heterocycles. The van der Waals surface area contributed by atoms with Gasteiger partial charge >= 0.3 is 0 Å². The monoisotopic (exact) mass is 376 g/mol. The van der Waals surface area contributed by atoms with E-state index < -0.39 is 0 Å². The number of hydrogen-bond donors (Lipinski definition) is 1. The first kappa shape index (κ1) is 17.6. The van der Waals surface area contributed by atoms with Crippen LogP contribution in [0.4, 0.5) is 11.5 Å². The quantitative estimate of drug-likeness (QED) is 0.477. The van der Waals surface area contributed by atoms with Crippen molar-refractivity contribution in [3.8, 4) is 11.1 Å². The van der Waals surface area contributed by atoms with Crippen LogP contribution in [0.2, 0.25) is 5.02 Å². The van der Waals surface area contributed by atoms with Gasteiger partial charge in [0.2, 0.25) is 0 Å². The van der Waals surface area contributed by atoms with E-state index in [2.05, 4.69) is 24.4 Å². The standard InChI is InChI=1S/C22H21ClN4/c1-4-19-21(16-8-6-5-7-9-16)22-24-15(3)12-20(27(22)26-19)25-17-11-10-14(2)18(23)13-17/h5-13,25H,4H2,1-3H3. The van der Waals surface area contributed by atoms with Crippen LogP contribution in [0, 0.1) is 13.8 Å². The third kappa shape index (κ3) is 3.28. The summed E-state index contributed by atoms with van der Waals surface area (Å²) >= 11 is 6.29. The molecule has 0 atom stereocenters. The molecule has 0 saturated carbocycles. The number of halogens is 1. The summed E-state index contributed by atoms with van der Waals surface area (Å²) in [6, 6.07) is 18.3. The van der Waals surface area contributed by atoms with Crippen molar-refractivity contribution < 1.29 is 0 Å². The normalized spacial score (nSPS) is 11.1. The fourth-order valence-corrected chi connectivity index (χ4v) is 3.42. The van der Waals surface area contributed by atoms with E-state index in [0.29, 0.717) is 0 Å². The van der Waals surface area contributed by atoms with Crippen LogP contribution in [0.5, 0.6) is 0 Å². The lowest BCUT2D eigenvalue weighted by Gasteiger charge is -2.11. The Kier molecular flexibility index (Phi) is 4.58. The van der Waals surface area contributed by atoms with Gasteiger partial charge in [-0.1, -0.05) is 54.9 Å². The van der Waals surface area contributed by atoms with E-state index >= 15 is 0 Å². The largest absolute Gasteiger partial charge is 0.340 e. The van der Waals surface area contributed by atoms with Crippen LogP contribution in [0.1, 0.15) is 23.9 Å². The van der Waals surface area contributed by atoms with Crippen molar-refractivity contribution in [3.05, 3.63) is 76.6 Å². The van der Waals surface area contributed by atoms with Crippen LogP contribution in [0.3, 0.4) is 0 Å². The van der Waals surface area contributed by atoms with Crippen LogP contribution >= 0.6 is 11.6 Å². The smallest absolute Gasteiger partial charge is 0.165 e. The molecule has 2 aromatic heterocycles. The molecule has 4 rings (SSSR count). The number of aromatic nitrogens is 3. The number of nitrogens with one attached hydrogen (secondary N) is 1. The van der Waals surface area contributed by atoms with E-state index in [-0.39, 0.29) is 0 Å². The minimum Gasteiger partial charge on any atom is -0.340 e. The summed E-state index contributed by atoms with van der Waals surface area (Å²) in [5.74, 6) is 0.870. The zero-order valence-corrected chi connectivity index (χ0v) is 16.4. The van der Waals surface area contributed by atoms with Gasteiger partial charge in [-0.25, -0.2) is 4.98 Å². The van der Waals surface area contributed by atoms with Gasteiger partial charge in [0, 0.05) is 28.0 Å². The molecule has 4 nitrogen and oxygen atoms in total. The summed E-state index contributed by atoms with van der Waals surface area (Å²) in [6.07, 6.45) is 0.836. The topological polar surface area (TPSA) is 42.2 Å². The Bertz CT molecular complexity index is 1120. The molecule has 0 bridgehead atoms. The number of hydrogen-bond acceptors (Lipinski definition) is 3. The van der Waals surface area contributed by atoms with E-state index in [1.807, 2.05) is 60.8 Å². The van der Waals surface area contributed by atoms with Gasteiger partial charge in [0.1, 0.15) is 5.82 Å². The van der Waals surface area contributed by atoms with E-state index in [1.54, 1.807) is 0 Å². The molecule has 2 aromatic carbocycles. The summed E-state index contributed by atoms with van der Waals surface area (Å²) in [7, 11) is 0. The lowest BCUT2D eigenvalue weighted by atomic mass is 10.0. The zero-order valence-electron chi connectivity index (χ0n) is 15.6. The highest BCUT2D eigenvalue weighted by Crippen LogP contribution is 2.31. The summed E-state index contributed by atoms with van der Waals surface area (Å²) in [6.45, 7) is 6.11. The number of nitrogens with zero attached hydrogens (tertiary/aromatic N) is 3. The number of aryl methyl sites for hydroxylation is 3. The molecular formula is C22H21ClN4. The van der Waals surface area contributed by atoms with Gasteiger partial charge in [-0.2, -0.15) is 9.61 Å². The van der Waals surface area contributed by atoms with Crippen LogP contribution in [0.15, 0.2) is 54.6 Å². The number of anilines is 2. The molecule has 0 amide bonds. The molecule has 136 valence electrons. The average Bonchev–Trinajstić information content (AvgIpc) is 3.04. The molecule has 0 spiro atoms. The van der Waals surface area contributed by atoms with Gasteiger partial charge in [0.25, 0.3) is 0 Å². The zero-order chi connectivity index (χ0) is 19.0. The first-order valence-corrected chi connectivity index (χ1v) is 9.42. The highest BCUT2D eigenvalue weighted by molar-refractivity contribution is 6.31. The Labute approximate surface area is 163 Å². The van der Waals surface area contributed by atoms with Crippen molar-refractivity contribution in [1.82, 2.24) is 14.6 Å². The molecule has 4 aromatic rings.